The second-order valence-electron chi connectivity index (χ2n) is 7.70. The third-order valence-electron chi connectivity index (χ3n) is 4.98. The predicted octanol–water partition coefficient (Wildman–Crippen LogP) is 5.92. The van der Waals surface area contributed by atoms with E-state index >= 15 is 0 Å². The Morgan fingerprint density at radius 1 is 1.10 bits per heavy atom. The zero-order chi connectivity index (χ0) is 14.9. The number of halogens is 1. The summed E-state index contributed by atoms with van der Waals surface area (Å²) < 4.78 is 0. The van der Waals surface area contributed by atoms with Crippen molar-refractivity contribution in [2.45, 2.75) is 65.7 Å². The van der Waals surface area contributed by atoms with Crippen LogP contribution in [-0.4, -0.2) is 5.38 Å². The lowest BCUT2D eigenvalue weighted by molar-refractivity contribution is 0.142. The first-order chi connectivity index (χ1) is 9.28. The minimum absolute atomic E-state index is 0.285. The van der Waals surface area contributed by atoms with Crippen molar-refractivity contribution < 1.29 is 0 Å². The summed E-state index contributed by atoms with van der Waals surface area (Å²) in [5, 5.41) is 0.347. The second kappa shape index (κ2) is 6.10. The lowest BCUT2D eigenvalue weighted by atomic mass is 9.66. The number of rotatable bonds is 3. The van der Waals surface area contributed by atoms with Crippen molar-refractivity contribution in [1.29, 1.82) is 0 Å². The largest absolute Gasteiger partial charge is 0.123 e. The monoisotopic (exact) mass is 292 g/mol. The molecule has 1 aromatic rings. The maximum Gasteiger partial charge on any atom is 0.0372 e. The van der Waals surface area contributed by atoms with Gasteiger partial charge < -0.3 is 0 Å². The molecule has 0 saturated heterocycles. The standard InChI is InChI=1S/C19H29Cl/c1-13-6-7-17(18(20)11-13)19(4,5)12-16-9-14(2)8-15(3)10-16/h8-10,13,17-18H,6-7,11-12H2,1-5H3. The van der Waals surface area contributed by atoms with Crippen LogP contribution in [0.15, 0.2) is 18.2 Å². The average molecular weight is 293 g/mol. The molecule has 3 unspecified atom stereocenters. The molecule has 1 aliphatic rings. The van der Waals surface area contributed by atoms with E-state index < -0.39 is 0 Å². The van der Waals surface area contributed by atoms with E-state index in [1.54, 1.807) is 0 Å². The summed E-state index contributed by atoms with van der Waals surface area (Å²) >= 11 is 6.69. The van der Waals surface area contributed by atoms with Crippen molar-refractivity contribution >= 4 is 11.6 Å². The van der Waals surface area contributed by atoms with E-state index in [2.05, 4.69) is 52.8 Å². The molecule has 1 aromatic carbocycles. The van der Waals surface area contributed by atoms with Crippen molar-refractivity contribution in [1.82, 2.24) is 0 Å². The number of aryl methyl sites for hydroxylation is 2. The number of hydrogen-bond donors (Lipinski definition) is 0. The molecule has 0 radical (unpaired) electrons. The Labute approximate surface area is 129 Å². The molecular formula is C19H29Cl. The molecule has 1 heteroatoms. The minimum atomic E-state index is 0.285. The molecule has 112 valence electrons. The van der Waals surface area contributed by atoms with Gasteiger partial charge in [0, 0.05) is 5.38 Å². The number of hydrogen-bond acceptors (Lipinski definition) is 0. The third kappa shape index (κ3) is 3.79. The lowest BCUT2D eigenvalue weighted by Crippen LogP contribution is -2.37. The summed E-state index contributed by atoms with van der Waals surface area (Å²) in [6.45, 7) is 11.5. The Kier molecular flexibility index (Phi) is 4.84. The van der Waals surface area contributed by atoms with E-state index in [0.29, 0.717) is 11.3 Å². The van der Waals surface area contributed by atoms with E-state index in [4.69, 9.17) is 11.6 Å². The fraction of sp³-hybridized carbons (Fsp3) is 0.684. The third-order valence-corrected chi connectivity index (χ3v) is 5.46. The molecule has 0 N–H and O–H groups in total. The van der Waals surface area contributed by atoms with Crippen LogP contribution >= 0.6 is 11.6 Å². The highest BCUT2D eigenvalue weighted by atomic mass is 35.5. The van der Waals surface area contributed by atoms with Gasteiger partial charge in [-0.1, -0.05) is 56.5 Å². The Morgan fingerprint density at radius 2 is 1.70 bits per heavy atom. The predicted molar refractivity (Wildman–Crippen MR) is 89.5 cm³/mol. The first-order valence-corrected chi connectivity index (χ1v) is 8.43. The quantitative estimate of drug-likeness (QED) is 0.607. The van der Waals surface area contributed by atoms with Crippen LogP contribution in [0.2, 0.25) is 0 Å². The molecule has 0 nitrogen and oxygen atoms in total. The molecule has 0 aromatic heterocycles. The van der Waals surface area contributed by atoms with Gasteiger partial charge in [0.2, 0.25) is 0 Å². The van der Waals surface area contributed by atoms with Crippen molar-refractivity contribution in [3.05, 3.63) is 34.9 Å². The van der Waals surface area contributed by atoms with Gasteiger partial charge in [-0.3, -0.25) is 0 Å². The van der Waals surface area contributed by atoms with Gasteiger partial charge in [0.15, 0.2) is 0 Å². The highest BCUT2D eigenvalue weighted by Crippen LogP contribution is 2.44. The zero-order valence-corrected chi connectivity index (χ0v) is 14.4. The minimum Gasteiger partial charge on any atom is -0.123 e. The van der Waals surface area contributed by atoms with E-state index in [9.17, 15) is 0 Å². The molecule has 0 bridgehead atoms. The van der Waals surface area contributed by atoms with Crippen LogP contribution in [-0.2, 0) is 6.42 Å². The Morgan fingerprint density at radius 3 is 2.25 bits per heavy atom. The first-order valence-electron chi connectivity index (χ1n) is 7.99. The lowest BCUT2D eigenvalue weighted by Gasteiger charge is -2.42. The summed E-state index contributed by atoms with van der Waals surface area (Å²) in [5.41, 5.74) is 4.49. The van der Waals surface area contributed by atoms with Crippen LogP contribution in [0.5, 0.6) is 0 Å². The highest BCUT2D eigenvalue weighted by Gasteiger charge is 2.38. The van der Waals surface area contributed by atoms with Crippen molar-refractivity contribution in [2.24, 2.45) is 17.3 Å². The van der Waals surface area contributed by atoms with Crippen molar-refractivity contribution in [3.63, 3.8) is 0 Å². The van der Waals surface area contributed by atoms with Crippen LogP contribution in [0.3, 0.4) is 0 Å². The molecular weight excluding hydrogens is 264 g/mol. The van der Waals surface area contributed by atoms with Gasteiger partial charge in [-0.2, -0.15) is 0 Å². The molecule has 2 rings (SSSR count). The SMILES string of the molecule is Cc1cc(C)cc(CC(C)(C)C2CCC(C)CC2Cl)c1. The van der Waals surface area contributed by atoms with Gasteiger partial charge in [0.25, 0.3) is 0 Å². The summed E-state index contributed by atoms with van der Waals surface area (Å²) in [4.78, 5) is 0. The van der Waals surface area contributed by atoms with Crippen LogP contribution in [0, 0.1) is 31.1 Å². The Bertz CT molecular complexity index is 441. The summed E-state index contributed by atoms with van der Waals surface area (Å²) in [6.07, 6.45) is 4.94. The van der Waals surface area contributed by atoms with Crippen molar-refractivity contribution in [3.8, 4) is 0 Å². The molecule has 20 heavy (non-hydrogen) atoms. The molecule has 1 saturated carbocycles. The van der Waals surface area contributed by atoms with Crippen LogP contribution in [0.1, 0.15) is 56.7 Å². The van der Waals surface area contributed by atoms with E-state index in [-0.39, 0.29) is 5.41 Å². The van der Waals surface area contributed by atoms with Gasteiger partial charge in [0.1, 0.15) is 0 Å². The van der Waals surface area contributed by atoms with Crippen molar-refractivity contribution in [2.75, 3.05) is 0 Å². The molecule has 1 aliphatic carbocycles. The average Bonchev–Trinajstić information content (AvgIpc) is 2.25. The van der Waals surface area contributed by atoms with Gasteiger partial charge in [-0.05, 0) is 55.9 Å². The number of benzene rings is 1. The number of alkyl halides is 1. The van der Waals surface area contributed by atoms with E-state index in [1.165, 1.54) is 36.0 Å². The smallest absolute Gasteiger partial charge is 0.0372 e. The van der Waals surface area contributed by atoms with E-state index in [1.807, 2.05) is 0 Å². The van der Waals surface area contributed by atoms with Gasteiger partial charge in [0.05, 0.1) is 0 Å². The first kappa shape index (κ1) is 15.9. The molecule has 0 heterocycles. The van der Waals surface area contributed by atoms with E-state index in [0.717, 1.165) is 12.3 Å². The molecule has 3 atom stereocenters. The van der Waals surface area contributed by atoms with Gasteiger partial charge >= 0.3 is 0 Å². The fourth-order valence-electron chi connectivity index (χ4n) is 4.02. The topological polar surface area (TPSA) is 0 Å². The van der Waals surface area contributed by atoms with Crippen LogP contribution in [0.25, 0.3) is 0 Å². The maximum atomic E-state index is 6.69. The van der Waals surface area contributed by atoms with Crippen LogP contribution in [0.4, 0.5) is 0 Å². The maximum absolute atomic E-state index is 6.69. The molecule has 0 spiro atoms. The summed E-state index contributed by atoms with van der Waals surface area (Å²) in [5.74, 6) is 1.44. The Balaban J connectivity index is 2.13. The molecule has 1 fully saturated rings. The molecule has 0 amide bonds. The Hall–Kier alpha value is -0.490. The second-order valence-corrected chi connectivity index (χ2v) is 8.26. The zero-order valence-electron chi connectivity index (χ0n) is 13.7. The van der Waals surface area contributed by atoms with Gasteiger partial charge in [-0.15, -0.1) is 11.6 Å². The fourth-order valence-corrected chi connectivity index (χ4v) is 4.79. The summed E-state index contributed by atoms with van der Waals surface area (Å²) in [7, 11) is 0. The highest BCUT2D eigenvalue weighted by molar-refractivity contribution is 6.20. The normalized spacial score (nSPS) is 27.6. The van der Waals surface area contributed by atoms with Crippen LogP contribution < -0.4 is 0 Å². The molecule has 0 aliphatic heterocycles. The summed E-state index contributed by atoms with van der Waals surface area (Å²) in [6, 6.07) is 6.93. The van der Waals surface area contributed by atoms with Gasteiger partial charge in [-0.25, -0.2) is 0 Å².